The summed E-state index contributed by atoms with van der Waals surface area (Å²) in [5, 5.41) is 7.12. The van der Waals surface area contributed by atoms with E-state index in [0.29, 0.717) is 5.82 Å². The lowest BCUT2D eigenvalue weighted by molar-refractivity contribution is -0.117. The summed E-state index contributed by atoms with van der Waals surface area (Å²) in [6, 6.07) is 7.51. The molecule has 3 N–H and O–H groups in total. The molecule has 0 saturated carbocycles. The molecule has 0 aliphatic carbocycles. The van der Waals surface area contributed by atoms with Gasteiger partial charge in [-0.05, 0) is 51.0 Å². The van der Waals surface area contributed by atoms with E-state index >= 15 is 0 Å². The van der Waals surface area contributed by atoms with Crippen LogP contribution in [0.5, 0.6) is 0 Å². The van der Waals surface area contributed by atoms with Crippen LogP contribution in [0, 0.1) is 20.8 Å². The number of hydrogen-bond donors (Lipinski definition) is 2. The third kappa shape index (κ3) is 3.05. The van der Waals surface area contributed by atoms with E-state index in [1.165, 1.54) is 11.1 Å². The second kappa shape index (κ2) is 5.46. The third-order valence-corrected chi connectivity index (χ3v) is 3.00. The molecule has 0 aliphatic rings. The lowest BCUT2D eigenvalue weighted by Gasteiger charge is -2.07. The molecule has 1 aromatic heterocycles. The zero-order chi connectivity index (χ0) is 14.9. The number of amides is 1. The molecular weight excluding hydrogens is 252 g/mol. The van der Waals surface area contributed by atoms with Gasteiger partial charge in [-0.1, -0.05) is 6.07 Å². The maximum Gasteiger partial charge on any atom is 0.242 e. The molecule has 2 rings (SSSR count). The number of aryl methyl sites for hydroxylation is 3. The topological polar surface area (TPSA) is 72.9 Å². The minimum absolute atomic E-state index is 0.241. The van der Waals surface area contributed by atoms with Crippen LogP contribution < -0.4 is 11.1 Å². The second-order valence-corrected chi connectivity index (χ2v) is 5.21. The van der Waals surface area contributed by atoms with Crippen LogP contribution in [0.25, 0.3) is 5.69 Å². The van der Waals surface area contributed by atoms with Crippen LogP contribution in [0.2, 0.25) is 0 Å². The number of nitrogens with zero attached hydrogens (tertiary/aromatic N) is 2. The number of carbonyl (C=O) groups excluding carboxylic acids is 1. The lowest BCUT2D eigenvalue weighted by Crippen LogP contribution is -2.32. The Kier molecular flexibility index (Phi) is 3.90. The van der Waals surface area contributed by atoms with Gasteiger partial charge in [0.25, 0.3) is 0 Å². The fourth-order valence-corrected chi connectivity index (χ4v) is 2.11. The summed E-state index contributed by atoms with van der Waals surface area (Å²) in [4.78, 5) is 11.6. The predicted octanol–water partition coefficient (Wildman–Crippen LogP) is 2.08. The first kappa shape index (κ1) is 14.3. The van der Waals surface area contributed by atoms with Gasteiger partial charge in [-0.15, -0.1) is 5.10 Å². The number of hydrogen-bond acceptors (Lipinski definition) is 3. The van der Waals surface area contributed by atoms with E-state index in [2.05, 4.69) is 28.6 Å². The molecule has 0 aliphatic heterocycles. The molecule has 1 aromatic carbocycles. The fraction of sp³-hybridized carbons (Fsp3) is 0.333. The Hall–Kier alpha value is -2.14. The van der Waals surface area contributed by atoms with Crippen molar-refractivity contribution in [2.75, 3.05) is 5.32 Å². The van der Waals surface area contributed by atoms with E-state index in [0.717, 1.165) is 11.4 Å². The Bertz CT molecular complexity index is 623. The molecule has 1 unspecified atom stereocenters. The number of nitrogens with two attached hydrogens (primary N) is 1. The summed E-state index contributed by atoms with van der Waals surface area (Å²) < 4.78 is 1.82. The summed E-state index contributed by atoms with van der Waals surface area (Å²) >= 11 is 0. The van der Waals surface area contributed by atoms with Gasteiger partial charge in [-0.25, -0.2) is 4.68 Å². The van der Waals surface area contributed by atoms with Crippen LogP contribution in [-0.4, -0.2) is 21.7 Å². The van der Waals surface area contributed by atoms with Crippen molar-refractivity contribution in [3.8, 4) is 5.69 Å². The Labute approximate surface area is 118 Å². The van der Waals surface area contributed by atoms with Crippen molar-refractivity contribution in [1.82, 2.24) is 9.78 Å². The normalized spacial score (nSPS) is 12.2. The van der Waals surface area contributed by atoms with Crippen LogP contribution in [-0.2, 0) is 4.79 Å². The number of benzene rings is 1. The van der Waals surface area contributed by atoms with Crippen LogP contribution in [0.3, 0.4) is 0 Å². The molecule has 0 bridgehead atoms. The van der Waals surface area contributed by atoms with Crippen molar-refractivity contribution < 1.29 is 4.79 Å². The molecule has 1 heterocycles. The lowest BCUT2D eigenvalue weighted by atomic mass is 10.1. The monoisotopic (exact) mass is 272 g/mol. The molecule has 5 heteroatoms. The Balaban J connectivity index is 2.34. The van der Waals surface area contributed by atoms with Crippen LogP contribution in [0.15, 0.2) is 24.3 Å². The summed E-state index contributed by atoms with van der Waals surface area (Å²) in [7, 11) is 0. The van der Waals surface area contributed by atoms with E-state index in [1.54, 1.807) is 6.92 Å². The third-order valence-electron chi connectivity index (χ3n) is 3.00. The standard InChI is InChI=1S/C15H20N4O/c1-9-5-10(2)7-13(6-9)19-11(3)8-14(18-19)17-15(20)12(4)16/h5-8,12H,16H2,1-4H3,(H,17,18,20). The van der Waals surface area contributed by atoms with Gasteiger partial charge in [0.1, 0.15) is 0 Å². The highest BCUT2D eigenvalue weighted by Crippen LogP contribution is 2.18. The zero-order valence-corrected chi connectivity index (χ0v) is 12.3. The average molecular weight is 272 g/mol. The highest BCUT2D eigenvalue weighted by Gasteiger charge is 2.12. The molecule has 0 saturated heterocycles. The molecule has 0 fully saturated rings. The molecular formula is C15H20N4O. The van der Waals surface area contributed by atoms with Gasteiger partial charge in [0, 0.05) is 11.8 Å². The highest BCUT2D eigenvalue weighted by atomic mass is 16.2. The van der Waals surface area contributed by atoms with E-state index in [4.69, 9.17) is 5.73 Å². The van der Waals surface area contributed by atoms with Crippen molar-refractivity contribution >= 4 is 11.7 Å². The molecule has 2 aromatic rings. The van der Waals surface area contributed by atoms with Gasteiger partial charge >= 0.3 is 0 Å². The van der Waals surface area contributed by atoms with E-state index in [-0.39, 0.29) is 5.91 Å². The number of anilines is 1. The first-order chi connectivity index (χ1) is 9.36. The van der Waals surface area contributed by atoms with Crippen molar-refractivity contribution in [3.05, 3.63) is 41.1 Å². The first-order valence-corrected chi connectivity index (χ1v) is 6.58. The maximum absolute atomic E-state index is 11.6. The van der Waals surface area contributed by atoms with Gasteiger partial charge < -0.3 is 11.1 Å². The largest absolute Gasteiger partial charge is 0.320 e. The van der Waals surface area contributed by atoms with Crippen molar-refractivity contribution in [2.24, 2.45) is 5.73 Å². The van der Waals surface area contributed by atoms with E-state index in [1.807, 2.05) is 31.5 Å². The second-order valence-electron chi connectivity index (χ2n) is 5.21. The summed E-state index contributed by atoms with van der Waals surface area (Å²) in [6.45, 7) is 7.69. The van der Waals surface area contributed by atoms with Gasteiger partial charge in [0.05, 0.1) is 11.7 Å². The molecule has 1 amide bonds. The number of rotatable bonds is 3. The van der Waals surface area contributed by atoms with Gasteiger partial charge in [-0.3, -0.25) is 4.79 Å². The molecule has 0 radical (unpaired) electrons. The molecule has 0 spiro atoms. The molecule has 5 nitrogen and oxygen atoms in total. The first-order valence-electron chi connectivity index (χ1n) is 6.58. The molecule has 1 atom stereocenters. The predicted molar refractivity (Wildman–Crippen MR) is 80.1 cm³/mol. The minimum atomic E-state index is -0.554. The number of carbonyl (C=O) groups is 1. The fourth-order valence-electron chi connectivity index (χ4n) is 2.11. The van der Waals surface area contributed by atoms with E-state index in [9.17, 15) is 4.79 Å². The van der Waals surface area contributed by atoms with Gasteiger partial charge in [0.15, 0.2) is 5.82 Å². The van der Waals surface area contributed by atoms with Crippen molar-refractivity contribution in [1.29, 1.82) is 0 Å². The Morgan fingerprint density at radius 2 is 1.80 bits per heavy atom. The average Bonchev–Trinajstić information content (AvgIpc) is 2.68. The van der Waals surface area contributed by atoms with Crippen molar-refractivity contribution in [3.63, 3.8) is 0 Å². The maximum atomic E-state index is 11.6. The minimum Gasteiger partial charge on any atom is -0.320 e. The van der Waals surface area contributed by atoms with Crippen LogP contribution >= 0.6 is 0 Å². The zero-order valence-electron chi connectivity index (χ0n) is 12.3. The summed E-state index contributed by atoms with van der Waals surface area (Å²) in [5.74, 6) is 0.277. The Morgan fingerprint density at radius 3 is 2.35 bits per heavy atom. The summed E-state index contributed by atoms with van der Waals surface area (Å²) in [5.41, 5.74) is 9.83. The molecule has 20 heavy (non-hydrogen) atoms. The van der Waals surface area contributed by atoms with Crippen LogP contribution in [0.1, 0.15) is 23.7 Å². The van der Waals surface area contributed by atoms with Gasteiger partial charge in [-0.2, -0.15) is 0 Å². The van der Waals surface area contributed by atoms with Crippen molar-refractivity contribution in [2.45, 2.75) is 33.7 Å². The Morgan fingerprint density at radius 1 is 1.20 bits per heavy atom. The summed E-state index contributed by atoms with van der Waals surface area (Å²) in [6.07, 6.45) is 0. The molecule has 106 valence electrons. The quantitative estimate of drug-likeness (QED) is 0.898. The number of aromatic nitrogens is 2. The van der Waals surface area contributed by atoms with Gasteiger partial charge in [0.2, 0.25) is 5.91 Å². The van der Waals surface area contributed by atoms with E-state index < -0.39 is 6.04 Å². The number of nitrogens with one attached hydrogen (secondary N) is 1. The highest BCUT2D eigenvalue weighted by molar-refractivity contribution is 5.93. The SMILES string of the molecule is Cc1cc(C)cc(-n2nc(NC(=O)C(C)N)cc2C)c1. The van der Waals surface area contributed by atoms with Crippen LogP contribution in [0.4, 0.5) is 5.82 Å². The smallest absolute Gasteiger partial charge is 0.242 e.